The van der Waals surface area contributed by atoms with Crippen LogP contribution in [0.15, 0.2) is 60.8 Å². The molecular weight excluding hydrogens is 351 g/mol. The first-order valence-corrected chi connectivity index (χ1v) is 9.72. The van der Waals surface area contributed by atoms with Gasteiger partial charge < -0.3 is 10.2 Å². The van der Waals surface area contributed by atoms with Crippen LogP contribution in [0.4, 0.5) is 4.39 Å². The van der Waals surface area contributed by atoms with Gasteiger partial charge in [0.25, 0.3) is 0 Å². The quantitative estimate of drug-likeness (QED) is 0.623. The molecule has 3 aromatic rings. The lowest BCUT2D eigenvalue weighted by molar-refractivity contribution is 0.288. The van der Waals surface area contributed by atoms with Crippen LogP contribution in [0.2, 0.25) is 0 Å². The van der Waals surface area contributed by atoms with Gasteiger partial charge in [-0.3, -0.25) is 0 Å². The Kier molecular flexibility index (Phi) is 6.60. The summed E-state index contributed by atoms with van der Waals surface area (Å²) >= 11 is 0. The lowest BCUT2D eigenvalue weighted by atomic mass is 10.0. The second-order valence-electron chi connectivity index (χ2n) is 7.64. The number of likely N-dealkylation sites (N-methyl/N-ethyl adjacent to an activating group) is 1. The van der Waals surface area contributed by atoms with Gasteiger partial charge in [0.2, 0.25) is 0 Å². The van der Waals surface area contributed by atoms with Crippen molar-refractivity contribution in [3.05, 3.63) is 83.4 Å². The standard InChI is InChI=1S/C23H29FN4/c1-17(2)23-19(16-28(26-23)21-8-6-5-7-9-21)14-25-15-22(27(3)4)18-10-12-20(24)13-11-18/h5-13,16-17,22,25H,14-15H2,1-4H3. The molecule has 1 aromatic heterocycles. The third kappa shape index (κ3) is 4.86. The summed E-state index contributed by atoms with van der Waals surface area (Å²) in [5.41, 5.74) is 4.48. The van der Waals surface area contributed by atoms with Crippen molar-refractivity contribution < 1.29 is 4.39 Å². The van der Waals surface area contributed by atoms with Crippen LogP contribution in [-0.4, -0.2) is 35.3 Å². The maximum atomic E-state index is 13.2. The molecule has 0 fully saturated rings. The van der Waals surface area contributed by atoms with Gasteiger partial charge >= 0.3 is 0 Å². The minimum atomic E-state index is -0.205. The first-order valence-electron chi connectivity index (χ1n) is 9.72. The van der Waals surface area contributed by atoms with E-state index in [2.05, 4.69) is 42.4 Å². The summed E-state index contributed by atoms with van der Waals surface area (Å²) in [7, 11) is 4.09. The van der Waals surface area contributed by atoms with Gasteiger partial charge in [0, 0.05) is 30.9 Å². The highest BCUT2D eigenvalue weighted by molar-refractivity contribution is 5.33. The van der Waals surface area contributed by atoms with Crippen LogP contribution in [0.1, 0.15) is 42.6 Å². The van der Waals surface area contributed by atoms with Crippen LogP contribution < -0.4 is 5.32 Å². The number of aromatic nitrogens is 2. The van der Waals surface area contributed by atoms with Crippen molar-refractivity contribution in [1.29, 1.82) is 0 Å². The second kappa shape index (κ2) is 9.13. The monoisotopic (exact) mass is 380 g/mol. The van der Waals surface area contributed by atoms with Gasteiger partial charge in [-0.25, -0.2) is 9.07 Å². The van der Waals surface area contributed by atoms with E-state index in [-0.39, 0.29) is 11.9 Å². The fourth-order valence-corrected chi connectivity index (χ4v) is 3.39. The van der Waals surface area contributed by atoms with Gasteiger partial charge in [-0.2, -0.15) is 5.10 Å². The summed E-state index contributed by atoms with van der Waals surface area (Å²) < 4.78 is 15.2. The van der Waals surface area contributed by atoms with Crippen molar-refractivity contribution in [3.63, 3.8) is 0 Å². The van der Waals surface area contributed by atoms with Crippen LogP contribution in [-0.2, 0) is 6.54 Å². The molecule has 0 aliphatic carbocycles. The highest BCUT2D eigenvalue weighted by Gasteiger charge is 2.16. The molecule has 1 atom stereocenters. The van der Waals surface area contributed by atoms with Crippen molar-refractivity contribution >= 4 is 0 Å². The Labute approximate surface area is 167 Å². The normalized spacial score (nSPS) is 12.7. The minimum absolute atomic E-state index is 0.173. The molecule has 0 spiro atoms. The zero-order valence-corrected chi connectivity index (χ0v) is 17.1. The van der Waals surface area contributed by atoms with Crippen LogP contribution in [0, 0.1) is 5.82 Å². The molecule has 0 aliphatic heterocycles. The van der Waals surface area contributed by atoms with E-state index >= 15 is 0 Å². The average Bonchev–Trinajstić information content (AvgIpc) is 3.11. The number of hydrogen-bond acceptors (Lipinski definition) is 3. The molecule has 0 aliphatic rings. The number of rotatable bonds is 8. The maximum Gasteiger partial charge on any atom is 0.123 e. The Balaban J connectivity index is 1.72. The van der Waals surface area contributed by atoms with E-state index in [0.717, 1.165) is 30.0 Å². The van der Waals surface area contributed by atoms with Crippen molar-refractivity contribution in [2.75, 3.05) is 20.6 Å². The third-order valence-corrected chi connectivity index (χ3v) is 4.92. The SMILES string of the molecule is CC(C)c1nn(-c2ccccc2)cc1CNCC(c1ccc(F)cc1)N(C)C. The molecule has 1 heterocycles. The summed E-state index contributed by atoms with van der Waals surface area (Å²) in [5.74, 6) is 0.146. The highest BCUT2D eigenvalue weighted by Crippen LogP contribution is 2.21. The van der Waals surface area contributed by atoms with E-state index in [4.69, 9.17) is 5.10 Å². The number of halogens is 1. The van der Waals surface area contributed by atoms with Crippen molar-refractivity contribution in [1.82, 2.24) is 20.0 Å². The molecule has 0 radical (unpaired) electrons. The van der Waals surface area contributed by atoms with Gasteiger partial charge in [0.05, 0.1) is 11.4 Å². The van der Waals surface area contributed by atoms with E-state index in [9.17, 15) is 4.39 Å². The van der Waals surface area contributed by atoms with Crippen molar-refractivity contribution in [3.8, 4) is 5.69 Å². The molecule has 5 heteroatoms. The molecule has 4 nitrogen and oxygen atoms in total. The Bertz CT molecular complexity index is 869. The molecule has 0 amide bonds. The van der Waals surface area contributed by atoms with E-state index in [1.807, 2.05) is 49.1 Å². The molecule has 1 N–H and O–H groups in total. The summed E-state index contributed by atoms with van der Waals surface area (Å²) in [6, 6.07) is 17.1. The summed E-state index contributed by atoms with van der Waals surface area (Å²) in [6.45, 7) is 5.85. The molecule has 2 aromatic carbocycles. The number of hydrogen-bond donors (Lipinski definition) is 1. The van der Waals surface area contributed by atoms with Crippen LogP contribution in [0.5, 0.6) is 0 Å². The zero-order chi connectivity index (χ0) is 20.1. The summed E-state index contributed by atoms with van der Waals surface area (Å²) in [4.78, 5) is 2.15. The molecule has 28 heavy (non-hydrogen) atoms. The van der Waals surface area contributed by atoms with Crippen LogP contribution in [0.25, 0.3) is 5.69 Å². The van der Waals surface area contributed by atoms with Crippen LogP contribution >= 0.6 is 0 Å². The molecular formula is C23H29FN4. The molecule has 1 unspecified atom stereocenters. The number of benzene rings is 2. The van der Waals surface area contributed by atoms with Gasteiger partial charge in [-0.05, 0) is 49.8 Å². The zero-order valence-electron chi connectivity index (χ0n) is 17.1. The first kappa shape index (κ1) is 20.2. The number of para-hydroxylation sites is 1. The third-order valence-electron chi connectivity index (χ3n) is 4.92. The molecule has 0 saturated carbocycles. The predicted molar refractivity (Wildman–Crippen MR) is 112 cm³/mol. The predicted octanol–water partition coefficient (Wildman–Crippen LogP) is 4.53. The average molecular weight is 381 g/mol. The Morgan fingerprint density at radius 2 is 1.71 bits per heavy atom. The van der Waals surface area contributed by atoms with E-state index in [1.54, 1.807) is 0 Å². The Hall–Kier alpha value is -2.50. The highest BCUT2D eigenvalue weighted by atomic mass is 19.1. The van der Waals surface area contributed by atoms with Gasteiger partial charge in [0.1, 0.15) is 5.82 Å². The fourth-order valence-electron chi connectivity index (χ4n) is 3.39. The Morgan fingerprint density at radius 1 is 1.04 bits per heavy atom. The minimum Gasteiger partial charge on any atom is -0.311 e. The Morgan fingerprint density at radius 3 is 2.32 bits per heavy atom. The van der Waals surface area contributed by atoms with E-state index in [1.165, 1.54) is 17.7 Å². The lowest BCUT2D eigenvalue weighted by Crippen LogP contribution is -2.31. The number of nitrogens with zero attached hydrogens (tertiary/aromatic N) is 3. The summed E-state index contributed by atoms with van der Waals surface area (Å²) in [6.07, 6.45) is 2.11. The van der Waals surface area contributed by atoms with Crippen LogP contribution in [0.3, 0.4) is 0 Å². The maximum absolute atomic E-state index is 13.2. The van der Waals surface area contributed by atoms with Gasteiger partial charge in [0.15, 0.2) is 0 Å². The largest absolute Gasteiger partial charge is 0.311 e. The second-order valence-corrected chi connectivity index (χ2v) is 7.64. The van der Waals surface area contributed by atoms with E-state index in [0.29, 0.717) is 5.92 Å². The van der Waals surface area contributed by atoms with E-state index < -0.39 is 0 Å². The smallest absolute Gasteiger partial charge is 0.123 e. The van der Waals surface area contributed by atoms with Gasteiger partial charge in [-0.15, -0.1) is 0 Å². The molecule has 148 valence electrons. The lowest BCUT2D eigenvalue weighted by Gasteiger charge is -2.25. The van der Waals surface area contributed by atoms with Crippen molar-refractivity contribution in [2.45, 2.75) is 32.4 Å². The molecule has 3 rings (SSSR count). The van der Waals surface area contributed by atoms with Crippen molar-refractivity contribution in [2.24, 2.45) is 0 Å². The topological polar surface area (TPSA) is 33.1 Å². The summed E-state index contributed by atoms with van der Waals surface area (Å²) in [5, 5.41) is 8.37. The number of nitrogens with one attached hydrogen (secondary N) is 1. The van der Waals surface area contributed by atoms with Gasteiger partial charge in [-0.1, -0.05) is 44.2 Å². The molecule has 0 bridgehead atoms. The fraction of sp³-hybridized carbons (Fsp3) is 0.348. The first-order chi connectivity index (χ1) is 13.5. The molecule has 0 saturated heterocycles.